The normalized spacial score (nSPS) is 14.2. The third kappa shape index (κ3) is 5.08. The van der Waals surface area contributed by atoms with Crippen molar-refractivity contribution in [3.8, 4) is 5.75 Å². The number of carbonyl (C=O) groups excluding carboxylic acids is 1. The summed E-state index contributed by atoms with van der Waals surface area (Å²) in [7, 11) is 1.66. The maximum absolute atomic E-state index is 14.2. The Hall–Kier alpha value is -4.31. The first-order valence-electron chi connectivity index (χ1n) is 12.6. The molecule has 2 aromatic heterocycles. The zero-order chi connectivity index (χ0) is 26.8. The van der Waals surface area contributed by atoms with Gasteiger partial charge in [0, 0.05) is 49.4 Å². The summed E-state index contributed by atoms with van der Waals surface area (Å²) >= 11 is 0. The highest BCUT2D eigenvalue weighted by Gasteiger charge is 2.20. The molecule has 1 saturated heterocycles. The molecule has 5 rings (SSSR count). The summed E-state index contributed by atoms with van der Waals surface area (Å²) in [5, 5.41) is 7.31. The Morgan fingerprint density at radius 2 is 1.84 bits per heavy atom. The van der Waals surface area contributed by atoms with Gasteiger partial charge in [0.15, 0.2) is 0 Å². The van der Waals surface area contributed by atoms with E-state index in [2.05, 4.69) is 56.4 Å². The van der Waals surface area contributed by atoms with Crippen LogP contribution in [-0.4, -0.2) is 60.1 Å². The number of H-pyrrole nitrogens is 1. The number of piperazine rings is 1. The van der Waals surface area contributed by atoms with Gasteiger partial charge in [0.1, 0.15) is 17.4 Å². The number of primary amides is 1. The van der Waals surface area contributed by atoms with Crippen LogP contribution in [0.1, 0.15) is 24.2 Å². The second-order valence-electron chi connectivity index (χ2n) is 9.61. The maximum Gasteiger partial charge on any atom is 0.253 e. The lowest BCUT2D eigenvalue weighted by molar-refractivity contribution is 0.0997. The number of hydrogen-bond acceptors (Lipinski definition) is 7. The number of benzene rings is 2. The predicted octanol–water partition coefficient (Wildman–Crippen LogP) is 4.83. The number of methoxy groups -OCH3 is 1. The Morgan fingerprint density at radius 1 is 1.05 bits per heavy atom. The van der Waals surface area contributed by atoms with Gasteiger partial charge in [0.2, 0.25) is 0 Å². The first-order chi connectivity index (χ1) is 18.3. The molecule has 0 radical (unpaired) electrons. The molecule has 1 aliphatic rings. The summed E-state index contributed by atoms with van der Waals surface area (Å²) in [6.45, 7) is 8.49. The van der Waals surface area contributed by atoms with E-state index in [-0.39, 0.29) is 11.3 Å². The lowest BCUT2D eigenvalue weighted by Crippen LogP contribution is -2.48. The molecular weight excluding hydrogens is 485 g/mol. The van der Waals surface area contributed by atoms with E-state index in [1.165, 1.54) is 12.1 Å². The summed E-state index contributed by atoms with van der Waals surface area (Å²) < 4.78 is 20.0. The summed E-state index contributed by atoms with van der Waals surface area (Å²) in [6, 6.07) is 13.0. The molecule has 0 spiro atoms. The van der Waals surface area contributed by atoms with Gasteiger partial charge in [-0.2, -0.15) is 0 Å². The molecule has 0 aliphatic carbocycles. The fourth-order valence-corrected chi connectivity index (χ4v) is 4.86. The highest BCUT2D eigenvalue weighted by Crippen LogP contribution is 2.35. The van der Waals surface area contributed by atoms with Gasteiger partial charge in [-0.25, -0.2) is 4.39 Å². The summed E-state index contributed by atoms with van der Waals surface area (Å²) in [6.07, 6.45) is 3.31. The molecule has 5 N–H and O–H groups in total. The van der Waals surface area contributed by atoms with Crippen LogP contribution >= 0.6 is 0 Å². The minimum atomic E-state index is -0.848. The summed E-state index contributed by atoms with van der Waals surface area (Å²) in [4.78, 5) is 24.3. The molecule has 0 atom stereocenters. The number of nitrogens with one attached hydrogen (secondary N) is 3. The number of rotatable bonds is 8. The van der Waals surface area contributed by atoms with Gasteiger partial charge in [-0.05, 0) is 44.2 Å². The second kappa shape index (κ2) is 10.6. The number of fused-ring (bicyclic) bond motifs is 1. The Morgan fingerprint density at radius 3 is 2.55 bits per heavy atom. The van der Waals surface area contributed by atoms with Crippen LogP contribution < -0.4 is 26.0 Å². The fourth-order valence-electron chi connectivity index (χ4n) is 4.86. The number of amides is 1. The highest BCUT2D eigenvalue weighted by molar-refractivity contribution is 6.02. The molecule has 3 heterocycles. The summed E-state index contributed by atoms with van der Waals surface area (Å²) in [5.74, 6) is -0.0762. The van der Waals surface area contributed by atoms with Crippen molar-refractivity contribution in [1.82, 2.24) is 14.9 Å². The van der Waals surface area contributed by atoms with Gasteiger partial charge < -0.3 is 31.0 Å². The zero-order valence-corrected chi connectivity index (χ0v) is 21.7. The molecule has 10 heteroatoms. The van der Waals surface area contributed by atoms with Crippen LogP contribution in [-0.2, 0) is 0 Å². The molecule has 0 bridgehead atoms. The van der Waals surface area contributed by atoms with E-state index in [0.29, 0.717) is 11.7 Å². The number of anilines is 5. The molecule has 1 amide bonds. The number of nitrogens with zero attached hydrogens (tertiary/aromatic N) is 3. The van der Waals surface area contributed by atoms with Crippen molar-refractivity contribution in [2.45, 2.75) is 19.9 Å². The van der Waals surface area contributed by atoms with Gasteiger partial charge >= 0.3 is 0 Å². The maximum atomic E-state index is 14.2. The molecule has 2 aromatic carbocycles. The standard InChI is InChI=1S/C28H32FN7O2/c1-17(2)35-9-11-36(12-10-35)18-7-8-21(25(13-18)38-3)33-26-14-19-23(15-31-16-24(19)34-26)32-22-6-4-5-20(29)27(22)28(30)37/h4-8,13-17,32-34H,9-12H2,1-3H3,(H2,30,37). The van der Waals surface area contributed by atoms with Crippen molar-refractivity contribution in [1.29, 1.82) is 0 Å². The number of ether oxygens (including phenoxy) is 1. The summed E-state index contributed by atoms with van der Waals surface area (Å²) in [5.41, 5.74) is 8.78. The molecule has 1 fully saturated rings. The van der Waals surface area contributed by atoms with Crippen molar-refractivity contribution in [3.05, 3.63) is 66.2 Å². The molecule has 9 nitrogen and oxygen atoms in total. The van der Waals surface area contributed by atoms with Crippen molar-refractivity contribution in [2.24, 2.45) is 5.73 Å². The van der Waals surface area contributed by atoms with Crippen LogP contribution in [0.15, 0.2) is 54.9 Å². The van der Waals surface area contributed by atoms with E-state index in [1.54, 1.807) is 25.6 Å². The van der Waals surface area contributed by atoms with Crippen LogP contribution in [0.5, 0.6) is 5.75 Å². The Kier molecular flexibility index (Phi) is 7.06. The van der Waals surface area contributed by atoms with E-state index < -0.39 is 11.7 Å². The third-order valence-corrected chi connectivity index (χ3v) is 6.94. The number of aromatic amines is 1. The molecule has 0 unspecified atom stereocenters. The molecule has 4 aromatic rings. The second-order valence-corrected chi connectivity index (χ2v) is 9.61. The number of aromatic nitrogens is 2. The van der Waals surface area contributed by atoms with Crippen molar-refractivity contribution < 1.29 is 13.9 Å². The lowest BCUT2D eigenvalue weighted by Gasteiger charge is -2.38. The lowest BCUT2D eigenvalue weighted by atomic mass is 10.1. The van der Waals surface area contributed by atoms with Gasteiger partial charge in [-0.1, -0.05) is 6.07 Å². The van der Waals surface area contributed by atoms with Crippen LogP contribution in [0.25, 0.3) is 10.9 Å². The van der Waals surface area contributed by atoms with Crippen LogP contribution in [0.3, 0.4) is 0 Å². The zero-order valence-electron chi connectivity index (χ0n) is 21.7. The van der Waals surface area contributed by atoms with E-state index >= 15 is 0 Å². The number of pyridine rings is 1. The van der Waals surface area contributed by atoms with E-state index in [0.717, 1.165) is 60.0 Å². The monoisotopic (exact) mass is 517 g/mol. The Labute approximate surface area is 220 Å². The quantitative estimate of drug-likeness (QED) is 0.265. The van der Waals surface area contributed by atoms with Crippen molar-refractivity contribution in [2.75, 3.05) is 48.8 Å². The first-order valence-corrected chi connectivity index (χ1v) is 12.6. The van der Waals surface area contributed by atoms with Crippen LogP contribution in [0.4, 0.5) is 33.0 Å². The van der Waals surface area contributed by atoms with Gasteiger partial charge in [-0.3, -0.25) is 14.7 Å². The Bertz CT molecular complexity index is 1460. The number of nitrogens with two attached hydrogens (primary N) is 1. The van der Waals surface area contributed by atoms with E-state index in [9.17, 15) is 9.18 Å². The van der Waals surface area contributed by atoms with Gasteiger partial charge in [0.05, 0.1) is 47.6 Å². The minimum absolute atomic E-state index is 0.200. The SMILES string of the molecule is COc1cc(N2CCN(C(C)C)CC2)ccc1Nc1cc2c(Nc3cccc(F)c3C(N)=O)cncc2[nH]1. The Balaban J connectivity index is 1.38. The molecule has 0 saturated carbocycles. The molecule has 1 aliphatic heterocycles. The van der Waals surface area contributed by atoms with Crippen molar-refractivity contribution >= 4 is 45.4 Å². The van der Waals surface area contributed by atoms with E-state index in [4.69, 9.17) is 10.5 Å². The number of halogens is 1. The minimum Gasteiger partial charge on any atom is -0.494 e. The fraction of sp³-hybridized carbons (Fsp3) is 0.286. The van der Waals surface area contributed by atoms with Crippen LogP contribution in [0, 0.1) is 5.82 Å². The molecule has 38 heavy (non-hydrogen) atoms. The topological polar surface area (TPSA) is 112 Å². The molecule has 198 valence electrons. The van der Waals surface area contributed by atoms with Gasteiger partial charge in [-0.15, -0.1) is 0 Å². The number of hydrogen-bond donors (Lipinski definition) is 4. The van der Waals surface area contributed by atoms with E-state index in [1.807, 2.05) is 12.1 Å². The highest BCUT2D eigenvalue weighted by atomic mass is 19.1. The average molecular weight is 518 g/mol. The third-order valence-electron chi connectivity index (χ3n) is 6.94. The average Bonchev–Trinajstić information content (AvgIpc) is 3.32. The largest absolute Gasteiger partial charge is 0.494 e. The number of carbonyl (C=O) groups is 1. The van der Waals surface area contributed by atoms with Crippen molar-refractivity contribution in [3.63, 3.8) is 0 Å². The van der Waals surface area contributed by atoms with Gasteiger partial charge in [0.25, 0.3) is 5.91 Å². The van der Waals surface area contributed by atoms with Crippen LogP contribution in [0.2, 0.25) is 0 Å². The smallest absolute Gasteiger partial charge is 0.253 e. The predicted molar refractivity (Wildman–Crippen MR) is 149 cm³/mol. The molecular formula is C28H32FN7O2. The first kappa shape index (κ1) is 25.3.